The van der Waals surface area contributed by atoms with Gasteiger partial charge < -0.3 is 10.2 Å². The molecule has 0 aliphatic carbocycles. The van der Waals surface area contributed by atoms with Crippen LogP contribution in [0.5, 0.6) is 0 Å². The summed E-state index contributed by atoms with van der Waals surface area (Å²) in [5.41, 5.74) is 0.737. The molecule has 0 amide bonds. The Morgan fingerprint density at radius 3 is 2.53 bits per heavy atom. The monoisotopic (exact) mass is 268 g/mol. The minimum Gasteiger partial charge on any atom is -0.317 e. The third-order valence-corrected chi connectivity index (χ3v) is 4.00. The molecule has 1 fully saturated rings. The molecule has 1 aromatic carbocycles. The molecule has 0 bridgehead atoms. The highest BCUT2D eigenvalue weighted by molar-refractivity contribution is 5.18. The molecule has 1 N–H and O–H groups in total. The Hall–Kier alpha value is -1.00. The predicted molar refractivity (Wildman–Crippen MR) is 73.1 cm³/mol. The first-order chi connectivity index (χ1) is 9.08. The molecule has 2 nitrogen and oxygen atoms in total. The molecular weight excluding hydrogens is 246 g/mol. The maximum atomic E-state index is 13.1. The fourth-order valence-electron chi connectivity index (χ4n) is 2.91. The number of halogens is 2. The van der Waals surface area contributed by atoms with Gasteiger partial charge in [-0.3, -0.25) is 0 Å². The van der Waals surface area contributed by atoms with Gasteiger partial charge in [0.15, 0.2) is 0 Å². The summed E-state index contributed by atoms with van der Waals surface area (Å²) < 4.78 is 26.2. The number of likely N-dealkylation sites (tertiary alicyclic amines) is 1. The molecule has 2 rings (SSSR count). The molecule has 2 unspecified atom stereocenters. The fourth-order valence-corrected chi connectivity index (χ4v) is 2.91. The van der Waals surface area contributed by atoms with Crippen molar-refractivity contribution < 1.29 is 8.78 Å². The lowest BCUT2D eigenvalue weighted by Gasteiger charge is -2.36. The van der Waals surface area contributed by atoms with Gasteiger partial charge in [-0.05, 0) is 50.0 Å². The van der Waals surface area contributed by atoms with Gasteiger partial charge in [0.1, 0.15) is 11.6 Å². The van der Waals surface area contributed by atoms with Crippen LogP contribution >= 0.6 is 0 Å². The average molecular weight is 268 g/mol. The summed E-state index contributed by atoms with van der Waals surface area (Å²) in [4.78, 5) is 2.38. The molecule has 0 aromatic heterocycles. The van der Waals surface area contributed by atoms with Crippen molar-refractivity contribution in [2.45, 2.75) is 25.8 Å². The van der Waals surface area contributed by atoms with Gasteiger partial charge in [0.25, 0.3) is 0 Å². The number of nitrogens with zero attached hydrogens (tertiary/aromatic N) is 1. The lowest BCUT2D eigenvalue weighted by atomic mass is 9.94. The van der Waals surface area contributed by atoms with E-state index in [-0.39, 0.29) is 0 Å². The van der Waals surface area contributed by atoms with Crippen LogP contribution in [0.1, 0.15) is 18.9 Å². The number of piperidine rings is 1. The van der Waals surface area contributed by atoms with Gasteiger partial charge in [0, 0.05) is 25.2 Å². The zero-order chi connectivity index (χ0) is 13.8. The van der Waals surface area contributed by atoms with Gasteiger partial charge in [-0.15, -0.1) is 0 Å². The number of hydrogen-bond donors (Lipinski definition) is 1. The second-order valence-corrected chi connectivity index (χ2v) is 5.49. The maximum Gasteiger partial charge on any atom is 0.126 e. The van der Waals surface area contributed by atoms with Crippen molar-refractivity contribution >= 4 is 0 Å². The smallest absolute Gasteiger partial charge is 0.126 e. The Labute approximate surface area is 113 Å². The summed E-state index contributed by atoms with van der Waals surface area (Å²) in [6.07, 6.45) is 1.83. The zero-order valence-corrected chi connectivity index (χ0v) is 11.6. The third-order valence-electron chi connectivity index (χ3n) is 4.00. The molecule has 1 aliphatic rings. The van der Waals surface area contributed by atoms with E-state index in [1.165, 1.54) is 12.1 Å². The summed E-state index contributed by atoms with van der Waals surface area (Å²) in [6.45, 7) is 5.20. The second kappa shape index (κ2) is 6.44. The third kappa shape index (κ3) is 3.98. The number of rotatable bonds is 4. The SMILES string of the molecule is CNC1CCN(CCc2cc(F)cc(F)c2)CC1C. The van der Waals surface area contributed by atoms with E-state index < -0.39 is 11.6 Å². The number of benzene rings is 1. The summed E-state index contributed by atoms with van der Waals surface area (Å²) in [6, 6.07) is 4.35. The Morgan fingerprint density at radius 1 is 1.26 bits per heavy atom. The molecule has 1 saturated heterocycles. The molecule has 1 aliphatic heterocycles. The van der Waals surface area contributed by atoms with Crippen LogP contribution in [0.15, 0.2) is 18.2 Å². The lowest BCUT2D eigenvalue weighted by Crippen LogP contribution is -2.47. The van der Waals surface area contributed by atoms with Gasteiger partial charge in [-0.2, -0.15) is 0 Å². The van der Waals surface area contributed by atoms with E-state index >= 15 is 0 Å². The Morgan fingerprint density at radius 2 is 1.95 bits per heavy atom. The van der Waals surface area contributed by atoms with Crippen LogP contribution in [0.3, 0.4) is 0 Å². The highest BCUT2D eigenvalue weighted by atomic mass is 19.1. The van der Waals surface area contributed by atoms with Gasteiger partial charge in [0.05, 0.1) is 0 Å². The first-order valence-corrected chi connectivity index (χ1v) is 6.93. The van der Waals surface area contributed by atoms with E-state index in [9.17, 15) is 8.78 Å². The molecule has 0 radical (unpaired) electrons. The fraction of sp³-hybridized carbons (Fsp3) is 0.600. The Kier molecular flexibility index (Phi) is 4.88. The van der Waals surface area contributed by atoms with E-state index in [0.29, 0.717) is 18.4 Å². The first kappa shape index (κ1) is 14.4. The first-order valence-electron chi connectivity index (χ1n) is 6.93. The zero-order valence-electron chi connectivity index (χ0n) is 11.6. The Bertz CT molecular complexity index is 402. The van der Waals surface area contributed by atoms with E-state index in [0.717, 1.165) is 37.7 Å². The van der Waals surface area contributed by atoms with Gasteiger partial charge >= 0.3 is 0 Å². The highest BCUT2D eigenvalue weighted by Gasteiger charge is 2.24. The highest BCUT2D eigenvalue weighted by Crippen LogP contribution is 2.17. The van der Waals surface area contributed by atoms with Crippen LogP contribution < -0.4 is 5.32 Å². The standard InChI is InChI=1S/C15H22F2N2/c1-11-10-19(6-4-15(11)18-2)5-3-12-7-13(16)9-14(17)8-12/h7-9,11,15,18H,3-6,10H2,1-2H3. The second-order valence-electron chi connectivity index (χ2n) is 5.49. The van der Waals surface area contributed by atoms with E-state index in [2.05, 4.69) is 17.1 Å². The van der Waals surface area contributed by atoms with Crippen LogP contribution in [0.2, 0.25) is 0 Å². The van der Waals surface area contributed by atoms with E-state index in [4.69, 9.17) is 0 Å². The van der Waals surface area contributed by atoms with Crippen LogP contribution in [0, 0.1) is 17.6 Å². The van der Waals surface area contributed by atoms with Gasteiger partial charge in [0.2, 0.25) is 0 Å². The lowest BCUT2D eigenvalue weighted by molar-refractivity contribution is 0.153. The van der Waals surface area contributed by atoms with Gasteiger partial charge in [-0.1, -0.05) is 6.92 Å². The normalized spacial score (nSPS) is 24.6. The topological polar surface area (TPSA) is 15.3 Å². The largest absolute Gasteiger partial charge is 0.317 e. The molecule has 19 heavy (non-hydrogen) atoms. The van der Waals surface area contributed by atoms with Crippen molar-refractivity contribution in [3.05, 3.63) is 35.4 Å². The number of hydrogen-bond acceptors (Lipinski definition) is 2. The van der Waals surface area contributed by atoms with E-state index in [1.807, 2.05) is 7.05 Å². The predicted octanol–water partition coefficient (Wildman–Crippen LogP) is 2.44. The summed E-state index contributed by atoms with van der Waals surface area (Å²) in [5, 5.41) is 3.34. The van der Waals surface area contributed by atoms with Crippen molar-refractivity contribution in [3.63, 3.8) is 0 Å². The van der Waals surface area contributed by atoms with Crippen molar-refractivity contribution in [3.8, 4) is 0 Å². The molecule has 1 heterocycles. The average Bonchev–Trinajstić information content (AvgIpc) is 2.35. The summed E-state index contributed by atoms with van der Waals surface area (Å²) >= 11 is 0. The molecule has 0 spiro atoms. The van der Waals surface area contributed by atoms with Crippen LogP contribution in [-0.4, -0.2) is 37.6 Å². The minimum absolute atomic E-state index is 0.489. The molecular formula is C15H22F2N2. The van der Waals surface area contributed by atoms with Crippen molar-refractivity contribution in [1.29, 1.82) is 0 Å². The van der Waals surface area contributed by atoms with E-state index in [1.54, 1.807) is 0 Å². The van der Waals surface area contributed by atoms with Crippen molar-refractivity contribution in [2.24, 2.45) is 5.92 Å². The maximum absolute atomic E-state index is 13.1. The van der Waals surface area contributed by atoms with Crippen molar-refractivity contribution in [2.75, 3.05) is 26.7 Å². The molecule has 106 valence electrons. The van der Waals surface area contributed by atoms with Gasteiger partial charge in [-0.25, -0.2) is 8.78 Å². The van der Waals surface area contributed by atoms with Crippen LogP contribution in [0.25, 0.3) is 0 Å². The summed E-state index contributed by atoms with van der Waals surface area (Å²) in [5.74, 6) is -0.363. The molecule has 2 atom stereocenters. The summed E-state index contributed by atoms with van der Waals surface area (Å²) in [7, 11) is 2.01. The van der Waals surface area contributed by atoms with Crippen LogP contribution in [0.4, 0.5) is 8.78 Å². The molecule has 4 heteroatoms. The minimum atomic E-state index is -0.489. The quantitative estimate of drug-likeness (QED) is 0.902. The van der Waals surface area contributed by atoms with Crippen LogP contribution in [-0.2, 0) is 6.42 Å². The molecule has 0 saturated carbocycles. The molecule has 1 aromatic rings. The Balaban J connectivity index is 1.86. The number of nitrogens with one attached hydrogen (secondary N) is 1. The van der Waals surface area contributed by atoms with Crippen molar-refractivity contribution in [1.82, 2.24) is 10.2 Å².